The smallest absolute Gasteiger partial charge is 0.228 e. The molecule has 1 aromatic carbocycles. The number of aromatic nitrogens is 4. The molecule has 3 heterocycles. The van der Waals surface area contributed by atoms with Gasteiger partial charge in [-0.05, 0) is 62.4 Å². The Kier molecular flexibility index (Phi) is 4.90. The predicted molar refractivity (Wildman–Crippen MR) is 116 cm³/mol. The Morgan fingerprint density at radius 1 is 1.13 bits per heavy atom. The summed E-state index contributed by atoms with van der Waals surface area (Å²) >= 11 is 5.97. The highest BCUT2D eigenvalue weighted by Crippen LogP contribution is 2.42. The van der Waals surface area contributed by atoms with Gasteiger partial charge < -0.3 is 9.88 Å². The highest BCUT2D eigenvalue weighted by molar-refractivity contribution is 6.30. The average molecular weight is 423 g/mol. The molecule has 2 aliphatic rings. The molecule has 1 aliphatic carbocycles. The molecule has 154 valence electrons. The van der Waals surface area contributed by atoms with E-state index in [2.05, 4.69) is 20.3 Å². The van der Waals surface area contributed by atoms with Crippen LogP contribution in [0.2, 0.25) is 5.02 Å². The van der Waals surface area contributed by atoms with Crippen molar-refractivity contribution in [3.8, 4) is 5.69 Å². The van der Waals surface area contributed by atoms with Gasteiger partial charge in [0.25, 0.3) is 0 Å². The Morgan fingerprint density at radius 2 is 1.93 bits per heavy atom. The minimum absolute atomic E-state index is 0.0951. The molecule has 3 aromatic rings. The molecule has 5 rings (SSSR count). The van der Waals surface area contributed by atoms with Gasteiger partial charge in [-0.15, -0.1) is 0 Å². The third-order valence-corrected chi connectivity index (χ3v) is 6.08. The highest BCUT2D eigenvalue weighted by Gasteiger charge is 2.42. The molecule has 1 N–H and O–H groups in total. The van der Waals surface area contributed by atoms with Crippen molar-refractivity contribution in [1.29, 1.82) is 0 Å². The van der Waals surface area contributed by atoms with E-state index in [9.17, 15) is 4.79 Å². The van der Waals surface area contributed by atoms with Crippen LogP contribution in [0, 0.1) is 5.92 Å². The van der Waals surface area contributed by atoms with Crippen LogP contribution in [0.25, 0.3) is 5.69 Å². The molecule has 2 aromatic heterocycles. The molecule has 0 spiro atoms. The summed E-state index contributed by atoms with van der Waals surface area (Å²) in [4.78, 5) is 27.8. The zero-order valence-corrected chi connectivity index (χ0v) is 17.5. The van der Waals surface area contributed by atoms with E-state index in [1.807, 2.05) is 52.9 Å². The molecule has 1 saturated carbocycles. The highest BCUT2D eigenvalue weighted by atomic mass is 35.5. The Hall–Kier alpha value is -2.93. The fraction of sp³-hybridized carbons (Fsp3) is 0.364. The van der Waals surface area contributed by atoms with Gasteiger partial charge in [-0.3, -0.25) is 9.69 Å². The zero-order valence-electron chi connectivity index (χ0n) is 16.7. The van der Waals surface area contributed by atoms with Gasteiger partial charge in [0.15, 0.2) is 0 Å². The van der Waals surface area contributed by atoms with Gasteiger partial charge >= 0.3 is 0 Å². The quantitative estimate of drug-likeness (QED) is 0.637. The van der Waals surface area contributed by atoms with Crippen LogP contribution in [0.5, 0.6) is 0 Å². The standard InChI is InChI=1S/C22H23ClN6O/c1-14(18-12-28(13-25-18)17-6-4-16(23)5-7-17)26-22-24-11-10-20(27-22)29-19(15-2-3-15)8-9-21(29)30/h4-7,10-15,19H,2-3,8-9H2,1H3,(H,24,26,27)/t14-,19+/m0/s1. The van der Waals surface area contributed by atoms with Crippen molar-refractivity contribution in [2.75, 3.05) is 10.2 Å². The van der Waals surface area contributed by atoms with E-state index in [1.165, 1.54) is 12.8 Å². The van der Waals surface area contributed by atoms with Gasteiger partial charge in [-0.1, -0.05) is 11.6 Å². The van der Waals surface area contributed by atoms with E-state index < -0.39 is 0 Å². The summed E-state index contributed by atoms with van der Waals surface area (Å²) in [5.74, 6) is 1.96. The third-order valence-electron chi connectivity index (χ3n) is 5.82. The van der Waals surface area contributed by atoms with Gasteiger partial charge in [-0.2, -0.15) is 4.98 Å². The van der Waals surface area contributed by atoms with E-state index in [0.29, 0.717) is 29.1 Å². The maximum atomic E-state index is 12.5. The van der Waals surface area contributed by atoms with Gasteiger partial charge in [0.1, 0.15) is 5.82 Å². The number of rotatable bonds is 6. The molecule has 1 saturated heterocycles. The van der Waals surface area contributed by atoms with Crippen LogP contribution in [0.15, 0.2) is 49.1 Å². The first kappa shape index (κ1) is 19.1. The number of nitrogens with one attached hydrogen (secondary N) is 1. The summed E-state index contributed by atoms with van der Waals surface area (Å²) in [6, 6.07) is 9.61. The monoisotopic (exact) mass is 422 g/mol. The fourth-order valence-electron chi connectivity index (χ4n) is 4.07. The lowest BCUT2D eigenvalue weighted by molar-refractivity contribution is -0.117. The van der Waals surface area contributed by atoms with Crippen molar-refractivity contribution >= 4 is 29.3 Å². The Balaban J connectivity index is 1.32. The number of nitrogens with zero attached hydrogens (tertiary/aromatic N) is 5. The van der Waals surface area contributed by atoms with Gasteiger partial charge in [0.05, 0.1) is 18.1 Å². The zero-order chi connectivity index (χ0) is 20.7. The maximum absolute atomic E-state index is 12.5. The van der Waals surface area contributed by atoms with Crippen molar-refractivity contribution < 1.29 is 4.79 Å². The lowest BCUT2D eigenvalue weighted by Crippen LogP contribution is -2.35. The number of carbonyl (C=O) groups excluding carboxylic acids is 1. The van der Waals surface area contributed by atoms with Crippen LogP contribution < -0.4 is 10.2 Å². The van der Waals surface area contributed by atoms with Crippen LogP contribution in [0.4, 0.5) is 11.8 Å². The number of hydrogen-bond acceptors (Lipinski definition) is 5. The van der Waals surface area contributed by atoms with Gasteiger partial charge in [-0.25, -0.2) is 9.97 Å². The van der Waals surface area contributed by atoms with Gasteiger partial charge in [0, 0.05) is 35.6 Å². The third kappa shape index (κ3) is 3.77. The van der Waals surface area contributed by atoms with Crippen molar-refractivity contribution in [3.63, 3.8) is 0 Å². The maximum Gasteiger partial charge on any atom is 0.228 e. The van der Waals surface area contributed by atoms with E-state index in [0.717, 1.165) is 17.8 Å². The first-order chi connectivity index (χ1) is 14.6. The summed E-state index contributed by atoms with van der Waals surface area (Å²) in [5, 5.41) is 4.01. The molecule has 7 nitrogen and oxygen atoms in total. The molecule has 2 fully saturated rings. The molecule has 8 heteroatoms. The summed E-state index contributed by atoms with van der Waals surface area (Å²) in [7, 11) is 0. The lowest BCUT2D eigenvalue weighted by atomic mass is 10.1. The molecule has 1 amide bonds. The SMILES string of the molecule is C[C@H](Nc1nccc(N2C(=O)CC[C@@H]2C2CC2)n1)c1cn(-c2ccc(Cl)cc2)cn1. The number of halogens is 1. The van der Waals surface area contributed by atoms with Crippen LogP contribution in [0.3, 0.4) is 0 Å². The second kappa shape index (κ2) is 7.72. The van der Waals surface area contributed by atoms with Crippen molar-refractivity contribution in [2.45, 2.75) is 44.7 Å². The first-order valence-electron chi connectivity index (χ1n) is 10.3. The Bertz CT molecular complexity index is 1060. The number of benzene rings is 1. The lowest BCUT2D eigenvalue weighted by Gasteiger charge is -2.24. The van der Waals surface area contributed by atoms with Crippen LogP contribution in [-0.4, -0.2) is 31.5 Å². The van der Waals surface area contributed by atoms with E-state index >= 15 is 0 Å². The number of anilines is 2. The number of carbonyl (C=O) groups is 1. The minimum atomic E-state index is -0.0951. The van der Waals surface area contributed by atoms with Crippen LogP contribution in [-0.2, 0) is 4.79 Å². The molecule has 30 heavy (non-hydrogen) atoms. The predicted octanol–water partition coefficient (Wildman–Crippen LogP) is 4.39. The normalized spacial score (nSPS) is 19.9. The summed E-state index contributed by atoms with van der Waals surface area (Å²) in [5.41, 5.74) is 1.86. The summed E-state index contributed by atoms with van der Waals surface area (Å²) in [6.45, 7) is 2.01. The topological polar surface area (TPSA) is 75.9 Å². The number of amides is 1. The minimum Gasteiger partial charge on any atom is -0.346 e. The molecule has 0 radical (unpaired) electrons. The number of hydrogen-bond donors (Lipinski definition) is 1. The van der Waals surface area contributed by atoms with Crippen molar-refractivity contribution in [1.82, 2.24) is 19.5 Å². The van der Waals surface area contributed by atoms with Crippen molar-refractivity contribution in [2.24, 2.45) is 5.92 Å². The summed E-state index contributed by atoms with van der Waals surface area (Å²) in [6.07, 6.45) is 9.39. The van der Waals surface area contributed by atoms with E-state index in [4.69, 9.17) is 11.6 Å². The molecule has 0 unspecified atom stereocenters. The van der Waals surface area contributed by atoms with Crippen molar-refractivity contribution in [3.05, 3.63) is 59.8 Å². The van der Waals surface area contributed by atoms with Crippen LogP contribution in [0.1, 0.15) is 44.3 Å². The summed E-state index contributed by atoms with van der Waals surface area (Å²) < 4.78 is 1.95. The fourth-order valence-corrected chi connectivity index (χ4v) is 4.19. The second-order valence-corrected chi connectivity index (χ2v) is 8.43. The Morgan fingerprint density at radius 3 is 2.70 bits per heavy atom. The molecule has 0 bridgehead atoms. The largest absolute Gasteiger partial charge is 0.346 e. The molecular weight excluding hydrogens is 400 g/mol. The number of imidazole rings is 1. The molecular formula is C22H23ClN6O. The molecule has 2 atom stereocenters. The molecule has 1 aliphatic heterocycles. The van der Waals surface area contributed by atoms with E-state index in [-0.39, 0.29) is 18.0 Å². The van der Waals surface area contributed by atoms with E-state index in [1.54, 1.807) is 12.5 Å². The van der Waals surface area contributed by atoms with Crippen LogP contribution >= 0.6 is 11.6 Å². The Labute approximate surface area is 180 Å². The average Bonchev–Trinajstić information content (AvgIpc) is 3.33. The first-order valence-corrected chi connectivity index (χ1v) is 10.7. The second-order valence-electron chi connectivity index (χ2n) is 7.99. The van der Waals surface area contributed by atoms with Gasteiger partial charge in [0.2, 0.25) is 11.9 Å².